The molecule has 3 fully saturated rings. The molecule has 0 radical (unpaired) electrons. The van der Waals surface area contributed by atoms with Gasteiger partial charge >= 0.3 is 0 Å². The fourth-order valence-electron chi connectivity index (χ4n) is 4.79. The van der Waals surface area contributed by atoms with Crippen LogP contribution in [0, 0.1) is 11.8 Å². The van der Waals surface area contributed by atoms with Crippen LogP contribution in [-0.2, 0) is 4.79 Å². The standard InChI is InChI=1S/C19H34N2O/c1-15-8-10-16(11-9-15)19(22)14-21-13-5-3-7-18(21)17-6-2-4-12-20-17/h15-18,20H,2-14H2,1H3. The van der Waals surface area contributed by atoms with Crippen LogP contribution in [0.25, 0.3) is 0 Å². The molecule has 2 heterocycles. The van der Waals surface area contributed by atoms with Crippen molar-refractivity contribution in [3.8, 4) is 0 Å². The van der Waals surface area contributed by atoms with Gasteiger partial charge in [0.2, 0.25) is 0 Å². The lowest BCUT2D eigenvalue weighted by Crippen LogP contribution is -2.55. The molecule has 1 aliphatic carbocycles. The minimum absolute atomic E-state index is 0.359. The number of nitrogens with one attached hydrogen (secondary N) is 1. The number of piperidine rings is 2. The number of nitrogens with zero attached hydrogens (tertiary/aromatic N) is 1. The zero-order chi connectivity index (χ0) is 15.4. The van der Waals surface area contributed by atoms with Crippen molar-refractivity contribution in [1.82, 2.24) is 10.2 Å². The molecule has 1 saturated carbocycles. The van der Waals surface area contributed by atoms with Gasteiger partial charge in [0.1, 0.15) is 5.78 Å². The number of likely N-dealkylation sites (tertiary alicyclic amines) is 1. The second kappa shape index (κ2) is 7.92. The second-order valence-electron chi connectivity index (χ2n) is 8.01. The predicted molar refractivity (Wildman–Crippen MR) is 91.0 cm³/mol. The number of hydrogen-bond acceptors (Lipinski definition) is 3. The van der Waals surface area contributed by atoms with Gasteiger partial charge in [-0.15, -0.1) is 0 Å². The van der Waals surface area contributed by atoms with Crippen molar-refractivity contribution >= 4 is 5.78 Å². The fraction of sp³-hybridized carbons (Fsp3) is 0.947. The van der Waals surface area contributed by atoms with Crippen LogP contribution in [0.15, 0.2) is 0 Å². The van der Waals surface area contributed by atoms with E-state index < -0.39 is 0 Å². The fourth-order valence-corrected chi connectivity index (χ4v) is 4.79. The molecule has 1 N–H and O–H groups in total. The number of rotatable bonds is 4. The molecule has 2 atom stereocenters. The van der Waals surface area contributed by atoms with E-state index in [0.29, 0.717) is 23.8 Å². The van der Waals surface area contributed by atoms with Crippen molar-refractivity contribution in [2.45, 2.75) is 83.2 Å². The first kappa shape index (κ1) is 16.4. The highest BCUT2D eigenvalue weighted by Gasteiger charge is 2.33. The zero-order valence-corrected chi connectivity index (χ0v) is 14.4. The van der Waals surface area contributed by atoms with E-state index in [9.17, 15) is 4.79 Å². The molecule has 126 valence electrons. The molecule has 22 heavy (non-hydrogen) atoms. The van der Waals surface area contributed by atoms with E-state index in [4.69, 9.17) is 0 Å². The van der Waals surface area contributed by atoms with Crippen molar-refractivity contribution in [3.05, 3.63) is 0 Å². The number of carbonyl (C=O) groups is 1. The normalized spacial score (nSPS) is 37.9. The van der Waals surface area contributed by atoms with E-state index in [1.165, 1.54) is 57.9 Å². The summed E-state index contributed by atoms with van der Waals surface area (Å²) in [6, 6.07) is 1.24. The summed E-state index contributed by atoms with van der Waals surface area (Å²) in [5.74, 6) is 1.73. The van der Waals surface area contributed by atoms with Gasteiger partial charge in [0, 0.05) is 18.0 Å². The highest BCUT2D eigenvalue weighted by Crippen LogP contribution is 2.30. The predicted octanol–water partition coefficient (Wildman–Crippen LogP) is 3.38. The maximum absolute atomic E-state index is 12.7. The third-order valence-electron chi connectivity index (χ3n) is 6.31. The van der Waals surface area contributed by atoms with E-state index in [-0.39, 0.29) is 0 Å². The molecule has 3 aliphatic rings. The Kier molecular flexibility index (Phi) is 5.92. The number of carbonyl (C=O) groups excluding carboxylic acids is 1. The Morgan fingerprint density at radius 2 is 1.77 bits per heavy atom. The molecule has 0 spiro atoms. The maximum atomic E-state index is 12.7. The minimum Gasteiger partial charge on any atom is -0.312 e. The van der Waals surface area contributed by atoms with E-state index >= 15 is 0 Å². The van der Waals surface area contributed by atoms with Crippen molar-refractivity contribution in [2.24, 2.45) is 11.8 Å². The summed E-state index contributed by atoms with van der Waals surface area (Å²) in [5.41, 5.74) is 0. The van der Waals surface area contributed by atoms with Crippen LogP contribution in [0.2, 0.25) is 0 Å². The van der Waals surface area contributed by atoms with Gasteiger partial charge in [-0.25, -0.2) is 0 Å². The highest BCUT2D eigenvalue weighted by atomic mass is 16.1. The van der Waals surface area contributed by atoms with Gasteiger partial charge in [0.15, 0.2) is 0 Å². The molecule has 3 nitrogen and oxygen atoms in total. The first-order valence-corrected chi connectivity index (χ1v) is 9.74. The van der Waals surface area contributed by atoms with Crippen LogP contribution < -0.4 is 5.32 Å². The summed E-state index contributed by atoms with van der Waals surface area (Å²) in [4.78, 5) is 15.3. The third kappa shape index (κ3) is 4.11. The first-order chi connectivity index (χ1) is 10.7. The Labute approximate surface area is 136 Å². The van der Waals surface area contributed by atoms with E-state index in [2.05, 4.69) is 17.1 Å². The largest absolute Gasteiger partial charge is 0.312 e. The minimum atomic E-state index is 0.359. The molecule has 0 aromatic rings. The van der Waals surface area contributed by atoms with Gasteiger partial charge in [-0.05, 0) is 57.5 Å². The molecule has 3 heteroatoms. The zero-order valence-electron chi connectivity index (χ0n) is 14.4. The molecule has 0 aromatic heterocycles. The van der Waals surface area contributed by atoms with Crippen LogP contribution in [0.1, 0.15) is 71.1 Å². The van der Waals surface area contributed by atoms with Crippen molar-refractivity contribution in [3.63, 3.8) is 0 Å². The number of Topliss-reactive ketones (excluding diaryl/α,β-unsaturated/α-hetero) is 1. The summed E-state index contributed by atoms with van der Waals surface area (Å²) in [7, 11) is 0. The SMILES string of the molecule is CC1CCC(C(=O)CN2CCCCC2C2CCCCN2)CC1. The molecule has 0 amide bonds. The lowest BCUT2D eigenvalue weighted by molar-refractivity contribution is -0.126. The summed E-state index contributed by atoms with van der Waals surface area (Å²) in [6.07, 6.45) is 12.7. The van der Waals surface area contributed by atoms with Crippen LogP contribution in [0.4, 0.5) is 0 Å². The van der Waals surface area contributed by atoms with E-state index in [1.807, 2.05) is 0 Å². The molecule has 0 aromatic carbocycles. The van der Waals surface area contributed by atoms with E-state index in [1.54, 1.807) is 0 Å². The van der Waals surface area contributed by atoms with Crippen molar-refractivity contribution in [2.75, 3.05) is 19.6 Å². The molecule has 2 aliphatic heterocycles. The smallest absolute Gasteiger partial charge is 0.149 e. The summed E-state index contributed by atoms with van der Waals surface area (Å²) in [5, 5.41) is 3.72. The molecular weight excluding hydrogens is 272 g/mol. The summed E-state index contributed by atoms with van der Waals surface area (Å²) < 4.78 is 0. The number of hydrogen-bond donors (Lipinski definition) is 1. The van der Waals surface area contributed by atoms with Crippen LogP contribution in [-0.4, -0.2) is 42.4 Å². The Bertz CT molecular complexity index is 356. The van der Waals surface area contributed by atoms with Gasteiger partial charge in [0.05, 0.1) is 6.54 Å². The Morgan fingerprint density at radius 1 is 1.00 bits per heavy atom. The number of ketones is 1. The lowest BCUT2D eigenvalue weighted by atomic mass is 9.80. The monoisotopic (exact) mass is 306 g/mol. The van der Waals surface area contributed by atoms with Crippen molar-refractivity contribution in [1.29, 1.82) is 0 Å². The molecule has 3 rings (SSSR count). The van der Waals surface area contributed by atoms with Crippen LogP contribution in [0.3, 0.4) is 0 Å². The Morgan fingerprint density at radius 3 is 2.50 bits per heavy atom. The first-order valence-electron chi connectivity index (χ1n) is 9.74. The molecule has 0 bridgehead atoms. The van der Waals surface area contributed by atoms with Gasteiger partial charge in [-0.1, -0.05) is 32.6 Å². The lowest BCUT2D eigenvalue weighted by Gasteiger charge is -2.42. The second-order valence-corrected chi connectivity index (χ2v) is 8.01. The van der Waals surface area contributed by atoms with Crippen LogP contribution in [0.5, 0.6) is 0 Å². The highest BCUT2D eigenvalue weighted by molar-refractivity contribution is 5.83. The Hall–Kier alpha value is -0.410. The quantitative estimate of drug-likeness (QED) is 0.864. The molecule has 2 unspecified atom stereocenters. The third-order valence-corrected chi connectivity index (χ3v) is 6.31. The van der Waals surface area contributed by atoms with Gasteiger partial charge < -0.3 is 5.32 Å². The maximum Gasteiger partial charge on any atom is 0.149 e. The topological polar surface area (TPSA) is 32.3 Å². The van der Waals surface area contributed by atoms with Gasteiger partial charge in [-0.2, -0.15) is 0 Å². The molecular formula is C19H34N2O. The van der Waals surface area contributed by atoms with E-state index in [0.717, 1.165) is 31.8 Å². The van der Waals surface area contributed by atoms with Crippen molar-refractivity contribution < 1.29 is 4.79 Å². The average molecular weight is 306 g/mol. The average Bonchev–Trinajstić information content (AvgIpc) is 2.57. The Balaban J connectivity index is 1.55. The summed E-state index contributed by atoms with van der Waals surface area (Å²) >= 11 is 0. The molecule has 2 saturated heterocycles. The van der Waals surface area contributed by atoms with Gasteiger partial charge in [0.25, 0.3) is 0 Å². The van der Waals surface area contributed by atoms with Gasteiger partial charge in [-0.3, -0.25) is 9.69 Å². The summed E-state index contributed by atoms with van der Waals surface area (Å²) in [6.45, 7) is 5.36. The van der Waals surface area contributed by atoms with Crippen LogP contribution >= 0.6 is 0 Å².